The van der Waals surface area contributed by atoms with Gasteiger partial charge in [-0.2, -0.15) is 15.1 Å². The van der Waals surface area contributed by atoms with Crippen molar-refractivity contribution in [3.05, 3.63) is 63.7 Å². The largest absolute Gasteiger partial charge is 0.368 e. The first-order chi connectivity index (χ1) is 12.9. The minimum atomic E-state index is -0.356. The molecule has 0 atom stereocenters. The van der Waals surface area contributed by atoms with E-state index in [0.717, 1.165) is 5.56 Å². The topological polar surface area (TPSA) is 131 Å². The molecule has 3 aromatic heterocycles. The number of nitrogens with two attached hydrogens (primary N) is 1. The number of nitrogens with zero attached hydrogens (tertiary/aromatic N) is 7. The van der Waals surface area contributed by atoms with Crippen LogP contribution < -0.4 is 5.73 Å². The maximum atomic E-state index is 11.2. The van der Waals surface area contributed by atoms with E-state index >= 15 is 0 Å². The molecule has 4 rings (SSSR count). The average Bonchev–Trinajstić information content (AvgIpc) is 3.24. The number of aryl methyl sites for hydroxylation is 2. The molecule has 2 N–H and O–H groups in total. The molecule has 10 nitrogen and oxygen atoms in total. The van der Waals surface area contributed by atoms with Gasteiger partial charge in [0.25, 0.3) is 5.69 Å². The Morgan fingerprint density at radius 3 is 2.59 bits per heavy atom. The van der Waals surface area contributed by atoms with Crippen LogP contribution in [0.25, 0.3) is 17.0 Å². The normalized spacial score (nSPS) is 11.2. The number of benzene rings is 1. The predicted octanol–water partition coefficient (Wildman–Crippen LogP) is 2.17. The van der Waals surface area contributed by atoms with Crippen LogP contribution in [0.4, 0.5) is 11.6 Å². The summed E-state index contributed by atoms with van der Waals surface area (Å²) >= 11 is 0. The number of nitro benzene ring substituents is 1. The smallest absolute Gasteiger partial charge is 0.275 e. The summed E-state index contributed by atoms with van der Waals surface area (Å²) in [4.78, 5) is 23.8. The van der Waals surface area contributed by atoms with E-state index < -0.39 is 0 Å². The lowest BCUT2D eigenvalue weighted by Crippen LogP contribution is -2.07. The number of hydrogen-bond acceptors (Lipinski definition) is 7. The first-order valence-electron chi connectivity index (χ1n) is 8.17. The Kier molecular flexibility index (Phi) is 3.80. The van der Waals surface area contributed by atoms with Crippen molar-refractivity contribution in [2.75, 3.05) is 5.73 Å². The third kappa shape index (κ3) is 2.86. The van der Waals surface area contributed by atoms with Crippen molar-refractivity contribution in [3.63, 3.8) is 0 Å². The first-order valence-corrected chi connectivity index (χ1v) is 8.17. The predicted molar refractivity (Wildman–Crippen MR) is 98.5 cm³/mol. The van der Waals surface area contributed by atoms with Crippen LogP contribution >= 0.6 is 0 Å². The van der Waals surface area contributed by atoms with Gasteiger partial charge in [0.2, 0.25) is 5.95 Å². The molecule has 3 heterocycles. The van der Waals surface area contributed by atoms with Gasteiger partial charge in [0.05, 0.1) is 17.8 Å². The molecule has 0 spiro atoms. The molecule has 0 saturated carbocycles. The summed E-state index contributed by atoms with van der Waals surface area (Å²) in [6, 6.07) is 5.38. The zero-order valence-electron chi connectivity index (χ0n) is 14.7. The number of hydrogen-bond donors (Lipinski definition) is 1. The lowest BCUT2D eigenvalue weighted by molar-refractivity contribution is -0.386. The molecule has 0 saturated heterocycles. The fourth-order valence-electron chi connectivity index (χ4n) is 3.24. The van der Waals surface area contributed by atoms with Gasteiger partial charge < -0.3 is 10.3 Å². The van der Waals surface area contributed by atoms with E-state index in [0.29, 0.717) is 34.7 Å². The van der Waals surface area contributed by atoms with Gasteiger partial charge in [-0.1, -0.05) is 0 Å². The van der Waals surface area contributed by atoms with E-state index in [1.165, 1.54) is 0 Å². The van der Waals surface area contributed by atoms with Crippen LogP contribution in [0.3, 0.4) is 0 Å². The third-order valence-electron chi connectivity index (χ3n) is 4.27. The molecule has 0 unspecified atom stereocenters. The molecule has 0 fully saturated rings. The summed E-state index contributed by atoms with van der Waals surface area (Å²) in [7, 11) is 0. The minimum absolute atomic E-state index is 0.116. The molecule has 1 aromatic carbocycles. The van der Waals surface area contributed by atoms with Crippen LogP contribution in [0, 0.1) is 24.0 Å². The Labute approximate surface area is 153 Å². The van der Waals surface area contributed by atoms with Crippen LogP contribution in [0.1, 0.15) is 16.7 Å². The van der Waals surface area contributed by atoms with Crippen molar-refractivity contribution < 1.29 is 4.92 Å². The Hall–Kier alpha value is -3.82. The Morgan fingerprint density at radius 1 is 1.22 bits per heavy atom. The van der Waals surface area contributed by atoms with Gasteiger partial charge in [-0.05, 0) is 37.6 Å². The minimum Gasteiger partial charge on any atom is -0.368 e. The second-order valence-corrected chi connectivity index (χ2v) is 6.24. The van der Waals surface area contributed by atoms with Crippen LogP contribution in [-0.4, -0.2) is 34.2 Å². The van der Waals surface area contributed by atoms with Crippen LogP contribution in [0.15, 0.2) is 36.9 Å². The lowest BCUT2D eigenvalue weighted by Gasteiger charge is -2.09. The average molecular weight is 364 g/mol. The van der Waals surface area contributed by atoms with Crippen LogP contribution in [0.2, 0.25) is 0 Å². The van der Waals surface area contributed by atoms with Crippen LogP contribution in [-0.2, 0) is 6.54 Å². The number of nitro groups is 1. The first kappa shape index (κ1) is 16.6. The van der Waals surface area contributed by atoms with Gasteiger partial charge in [0.1, 0.15) is 0 Å². The Bertz CT molecular complexity index is 1140. The van der Waals surface area contributed by atoms with Crippen molar-refractivity contribution in [2.45, 2.75) is 20.4 Å². The zero-order valence-corrected chi connectivity index (χ0v) is 14.7. The highest BCUT2D eigenvalue weighted by molar-refractivity contribution is 5.79. The number of aromatic nitrogens is 6. The number of nitrogen functional groups attached to an aromatic ring is 1. The summed E-state index contributed by atoms with van der Waals surface area (Å²) in [5, 5.41) is 15.4. The number of rotatable bonds is 4. The maximum absolute atomic E-state index is 11.2. The Morgan fingerprint density at radius 2 is 1.96 bits per heavy atom. The van der Waals surface area contributed by atoms with E-state index in [1.54, 1.807) is 55.4 Å². The summed E-state index contributed by atoms with van der Waals surface area (Å²) in [5.74, 6) is 0.614. The summed E-state index contributed by atoms with van der Waals surface area (Å²) in [6.45, 7) is 3.92. The van der Waals surface area contributed by atoms with Crippen molar-refractivity contribution in [2.24, 2.45) is 0 Å². The van der Waals surface area contributed by atoms with Gasteiger partial charge in [-0.15, -0.1) is 0 Å². The Balaban J connectivity index is 1.79. The number of fused-ring (bicyclic) bond motifs is 1. The van der Waals surface area contributed by atoms with Gasteiger partial charge in [0.15, 0.2) is 17.0 Å². The molecule has 0 bridgehead atoms. The van der Waals surface area contributed by atoms with Gasteiger partial charge >= 0.3 is 0 Å². The molecule has 0 amide bonds. The van der Waals surface area contributed by atoms with Gasteiger partial charge in [-0.3, -0.25) is 10.1 Å². The maximum Gasteiger partial charge on any atom is 0.275 e. The monoisotopic (exact) mass is 364 g/mol. The highest BCUT2D eigenvalue weighted by Crippen LogP contribution is 2.26. The summed E-state index contributed by atoms with van der Waals surface area (Å²) in [6.07, 6.45) is 5.05. The third-order valence-corrected chi connectivity index (χ3v) is 4.27. The standard InChI is InChI=1S/C17H16N8O2/c1-10-6-12(7-11(2)14(10)25(26)27)8-23-9-19-13-15(23)21-17(18)22-16(13)24-5-3-4-20-24/h3-7,9H,8H2,1-2H3,(H2,18,21,22). The van der Waals surface area contributed by atoms with Crippen molar-refractivity contribution in [1.29, 1.82) is 0 Å². The van der Waals surface area contributed by atoms with E-state index in [1.807, 2.05) is 4.57 Å². The highest BCUT2D eigenvalue weighted by atomic mass is 16.6. The number of anilines is 1. The second-order valence-electron chi connectivity index (χ2n) is 6.24. The van der Waals surface area contributed by atoms with E-state index in [2.05, 4.69) is 20.1 Å². The second kappa shape index (κ2) is 6.16. The fraction of sp³-hybridized carbons (Fsp3) is 0.176. The SMILES string of the molecule is Cc1cc(Cn2cnc3c(-n4cccn4)nc(N)nc32)cc(C)c1[N+](=O)[O-]. The van der Waals surface area contributed by atoms with E-state index in [4.69, 9.17) is 5.73 Å². The lowest BCUT2D eigenvalue weighted by atomic mass is 10.0. The zero-order chi connectivity index (χ0) is 19.1. The molecule has 0 radical (unpaired) electrons. The van der Waals surface area contributed by atoms with Crippen molar-refractivity contribution >= 4 is 22.8 Å². The molecule has 10 heteroatoms. The molecule has 27 heavy (non-hydrogen) atoms. The van der Waals surface area contributed by atoms with Gasteiger partial charge in [-0.25, -0.2) is 9.67 Å². The van der Waals surface area contributed by atoms with Crippen molar-refractivity contribution in [1.82, 2.24) is 29.3 Å². The van der Waals surface area contributed by atoms with E-state index in [9.17, 15) is 10.1 Å². The molecule has 4 aromatic rings. The van der Waals surface area contributed by atoms with E-state index in [-0.39, 0.29) is 16.6 Å². The van der Waals surface area contributed by atoms with Crippen molar-refractivity contribution in [3.8, 4) is 5.82 Å². The fourth-order valence-corrected chi connectivity index (χ4v) is 3.24. The number of imidazole rings is 1. The molecule has 0 aliphatic rings. The molecule has 0 aliphatic heterocycles. The highest BCUT2D eigenvalue weighted by Gasteiger charge is 2.17. The quantitative estimate of drug-likeness (QED) is 0.433. The molecular formula is C17H16N8O2. The molecule has 0 aliphatic carbocycles. The summed E-state index contributed by atoms with van der Waals surface area (Å²) in [5.41, 5.74) is 9.30. The molecule has 136 valence electrons. The molecular weight excluding hydrogens is 348 g/mol. The summed E-state index contributed by atoms with van der Waals surface area (Å²) < 4.78 is 3.41. The van der Waals surface area contributed by atoms with Crippen LogP contribution in [0.5, 0.6) is 0 Å². The van der Waals surface area contributed by atoms with Gasteiger partial charge in [0, 0.05) is 23.5 Å².